The van der Waals surface area contributed by atoms with Crippen LogP contribution >= 0.6 is 0 Å². The molecular weight excluding hydrogens is 372 g/mol. The zero-order valence-electron chi connectivity index (χ0n) is 15.3. The van der Waals surface area contributed by atoms with Gasteiger partial charge < -0.3 is 19.5 Å². The van der Waals surface area contributed by atoms with Crippen molar-refractivity contribution in [2.45, 2.75) is 20.0 Å². The average molecular weight is 393 g/mol. The zero-order chi connectivity index (χ0) is 20.4. The summed E-state index contributed by atoms with van der Waals surface area (Å²) in [5.74, 6) is -0.333. The summed E-state index contributed by atoms with van der Waals surface area (Å²) < 4.78 is 38.8. The van der Waals surface area contributed by atoms with E-state index < -0.39 is 25.1 Å². The van der Waals surface area contributed by atoms with Gasteiger partial charge in [0.2, 0.25) is 0 Å². The Kier molecular flexibility index (Phi) is 8.20. The number of benzene rings is 2. The largest absolute Gasteiger partial charge is 0.492 e. The van der Waals surface area contributed by atoms with Crippen molar-refractivity contribution in [2.75, 3.05) is 19.8 Å². The highest BCUT2D eigenvalue weighted by molar-refractivity contribution is 5.81. The number of alkyl halides is 2. The van der Waals surface area contributed by atoms with Gasteiger partial charge in [-0.15, -0.1) is 0 Å². The first kappa shape index (κ1) is 21.1. The van der Waals surface area contributed by atoms with E-state index >= 15 is 0 Å². The molecule has 0 unspecified atom stereocenters. The number of halogens is 2. The van der Waals surface area contributed by atoms with Gasteiger partial charge in [-0.1, -0.05) is 24.3 Å². The van der Waals surface area contributed by atoms with Gasteiger partial charge in [0.1, 0.15) is 18.1 Å². The van der Waals surface area contributed by atoms with Crippen molar-refractivity contribution in [1.29, 1.82) is 0 Å². The summed E-state index contributed by atoms with van der Waals surface area (Å²) in [7, 11) is 0. The van der Waals surface area contributed by atoms with Crippen molar-refractivity contribution >= 4 is 11.9 Å². The maximum absolute atomic E-state index is 12.1. The van der Waals surface area contributed by atoms with Gasteiger partial charge in [-0.3, -0.25) is 9.59 Å². The van der Waals surface area contributed by atoms with Gasteiger partial charge in [0, 0.05) is 0 Å². The van der Waals surface area contributed by atoms with Crippen molar-refractivity contribution in [3.05, 3.63) is 59.7 Å². The third-order valence-corrected chi connectivity index (χ3v) is 3.54. The Morgan fingerprint density at radius 2 is 1.82 bits per heavy atom. The molecule has 0 spiro atoms. The number of esters is 1. The van der Waals surface area contributed by atoms with Gasteiger partial charge >= 0.3 is 12.6 Å². The molecule has 0 fully saturated rings. The van der Waals surface area contributed by atoms with Crippen LogP contribution in [0.2, 0.25) is 0 Å². The lowest BCUT2D eigenvalue weighted by atomic mass is 10.1. The highest BCUT2D eigenvalue weighted by Crippen LogP contribution is 2.15. The van der Waals surface area contributed by atoms with E-state index in [4.69, 9.17) is 9.47 Å². The van der Waals surface area contributed by atoms with Crippen molar-refractivity contribution < 1.29 is 32.6 Å². The predicted molar refractivity (Wildman–Crippen MR) is 97.4 cm³/mol. The molecule has 0 heterocycles. The molecule has 1 N–H and O–H groups in total. The van der Waals surface area contributed by atoms with Crippen molar-refractivity contribution in [3.63, 3.8) is 0 Å². The van der Waals surface area contributed by atoms with Crippen molar-refractivity contribution in [2.24, 2.45) is 0 Å². The van der Waals surface area contributed by atoms with Gasteiger partial charge in [0.25, 0.3) is 5.91 Å². The fraction of sp³-hybridized carbons (Fsp3) is 0.300. The van der Waals surface area contributed by atoms with E-state index in [-0.39, 0.29) is 25.3 Å². The highest BCUT2D eigenvalue weighted by atomic mass is 19.3. The lowest BCUT2D eigenvalue weighted by Gasteiger charge is -2.09. The highest BCUT2D eigenvalue weighted by Gasteiger charge is 2.09. The molecule has 0 atom stereocenters. The first-order valence-electron chi connectivity index (χ1n) is 8.58. The van der Waals surface area contributed by atoms with Crippen LogP contribution < -0.4 is 14.8 Å². The maximum atomic E-state index is 12.1. The second-order valence-corrected chi connectivity index (χ2v) is 5.87. The smallest absolute Gasteiger partial charge is 0.387 e. The molecule has 2 aromatic rings. The Hall–Kier alpha value is -3.16. The summed E-state index contributed by atoms with van der Waals surface area (Å²) in [6, 6.07) is 13.1. The van der Waals surface area contributed by atoms with Gasteiger partial charge in [-0.05, 0) is 42.3 Å². The zero-order valence-corrected chi connectivity index (χ0v) is 15.3. The molecule has 1 amide bonds. The summed E-state index contributed by atoms with van der Waals surface area (Å²) in [5.41, 5.74) is 1.63. The molecule has 0 saturated heterocycles. The van der Waals surface area contributed by atoms with Gasteiger partial charge in [-0.2, -0.15) is 8.78 Å². The molecule has 6 nitrogen and oxygen atoms in total. The van der Waals surface area contributed by atoms with Crippen LogP contribution in [0.1, 0.15) is 11.1 Å². The number of aryl methyl sites for hydroxylation is 1. The van der Waals surface area contributed by atoms with Crippen LogP contribution in [0.15, 0.2) is 48.5 Å². The summed E-state index contributed by atoms with van der Waals surface area (Å²) in [6.07, 6.45) is -0.0846. The minimum absolute atomic E-state index is 0.000577. The van der Waals surface area contributed by atoms with Crippen molar-refractivity contribution in [3.8, 4) is 11.5 Å². The lowest BCUT2D eigenvalue weighted by molar-refractivity contribution is -0.147. The number of nitrogens with one attached hydrogen (secondary N) is 1. The molecule has 8 heteroatoms. The number of carbonyl (C=O) groups is 2. The summed E-state index contributed by atoms with van der Waals surface area (Å²) >= 11 is 0. The van der Waals surface area contributed by atoms with Crippen LogP contribution in [0.5, 0.6) is 11.5 Å². The number of rotatable bonds is 10. The van der Waals surface area contributed by atoms with Crippen LogP contribution in [0.25, 0.3) is 0 Å². The summed E-state index contributed by atoms with van der Waals surface area (Å²) in [4.78, 5) is 23.4. The molecule has 2 aromatic carbocycles. The second-order valence-electron chi connectivity index (χ2n) is 5.87. The first-order valence-corrected chi connectivity index (χ1v) is 8.58. The Bertz CT molecular complexity index is 780. The van der Waals surface area contributed by atoms with Crippen LogP contribution in [0, 0.1) is 6.92 Å². The number of hydrogen-bond donors (Lipinski definition) is 1. The van der Waals surface area contributed by atoms with Crippen LogP contribution in [0.4, 0.5) is 8.78 Å². The molecule has 2 rings (SSSR count). The lowest BCUT2D eigenvalue weighted by Crippen LogP contribution is -2.32. The molecule has 0 radical (unpaired) electrons. The molecule has 0 aliphatic heterocycles. The van der Waals surface area contributed by atoms with Crippen LogP contribution in [0.3, 0.4) is 0 Å². The Morgan fingerprint density at radius 1 is 1.07 bits per heavy atom. The molecule has 0 bridgehead atoms. The Labute approximate surface area is 161 Å². The Balaban J connectivity index is 1.61. The average Bonchev–Trinajstić information content (AvgIpc) is 2.65. The second kappa shape index (κ2) is 10.9. The first-order chi connectivity index (χ1) is 13.4. The molecule has 28 heavy (non-hydrogen) atoms. The van der Waals surface area contributed by atoms with E-state index in [0.29, 0.717) is 11.3 Å². The number of amides is 1. The third kappa shape index (κ3) is 8.03. The topological polar surface area (TPSA) is 73.9 Å². The Morgan fingerprint density at radius 3 is 2.50 bits per heavy atom. The van der Waals surface area contributed by atoms with Crippen molar-refractivity contribution in [1.82, 2.24) is 5.32 Å². The molecule has 0 aliphatic rings. The van der Waals surface area contributed by atoms with Gasteiger partial charge in [0.15, 0.2) is 6.61 Å². The van der Waals surface area contributed by atoms with Gasteiger partial charge in [-0.25, -0.2) is 0 Å². The number of ether oxygens (including phenoxy) is 3. The van der Waals surface area contributed by atoms with Crippen LogP contribution in [-0.2, 0) is 20.7 Å². The van der Waals surface area contributed by atoms with E-state index in [9.17, 15) is 18.4 Å². The summed E-state index contributed by atoms with van der Waals surface area (Å²) in [5, 5.41) is 2.58. The quantitative estimate of drug-likeness (QED) is 0.496. The minimum Gasteiger partial charge on any atom is -0.492 e. The molecular formula is C20H21F2NO5. The van der Waals surface area contributed by atoms with E-state index in [0.717, 1.165) is 5.56 Å². The van der Waals surface area contributed by atoms with Gasteiger partial charge in [0.05, 0.1) is 13.0 Å². The van der Waals surface area contributed by atoms with E-state index in [1.807, 2.05) is 31.2 Å². The van der Waals surface area contributed by atoms with E-state index in [1.165, 1.54) is 24.3 Å². The minimum atomic E-state index is -2.91. The van der Waals surface area contributed by atoms with E-state index in [1.54, 1.807) is 0 Å². The fourth-order valence-corrected chi connectivity index (χ4v) is 2.27. The number of hydrogen-bond acceptors (Lipinski definition) is 5. The molecule has 0 saturated carbocycles. The maximum Gasteiger partial charge on any atom is 0.387 e. The normalized spacial score (nSPS) is 10.4. The number of carbonyl (C=O) groups excluding carboxylic acids is 2. The summed E-state index contributed by atoms with van der Waals surface area (Å²) in [6.45, 7) is -0.798. The van der Waals surface area contributed by atoms with Crippen LogP contribution in [-0.4, -0.2) is 38.2 Å². The van der Waals surface area contributed by atoms with E-state index in [2.05, 4.69) is 10.1 Å². The molecule has 0 aliphatic carbocycles. The SMILES string of the molecule is Cc1cccc(OCCNC(=O)COC(=O)Cc2ccc(OC(F)F)cc2)c1. The third-order valence-electron chi connectivity index (χ3n) is 3.54. The molecule has 150 valence electrons. The fourth-order valence-electron chi connectivity index (χ4n) is 2.27. The monoisotopic (exact) mass is 393 g/mol. The predicted octanol–water partition coefficient (Wildman–Crippen LogP) is 2.88. The molecule has 0 aromatic heterocycles. The standard InChI is InChI=1S/C20H21F2NO5/c1-14-3-2-4-17(11-14)26-10-9-23-18(24)13-27-19(25)12-15-5-7-16(8-6-15)28-20(21)22/h2-8,11,20H,9-10,12-13H2,1H3,(H,23,24).